The monoisotopic (exact) mass is 260 g/mol. The van der Waals surface area contributed by atoms with Crippen molar-refractivity contribution in [3.05, 3.63) is 33.8 Å². The van der Waals surface area contributed by atoms with Crippen LogP contribution in [-0.2, 0) is 11.2 Å². The van der Waals surface area contributed by atoms with Crippen molar-refractivity contribution in [2.45, 2.75) is 12.8 Å². The first kappa shape index (κ1) is 13.3. The van der Waals surface area contributed by atoms with E-state index in [-0.39, 0.29) is 12.5 Å². The molecule has 3 nitrogen and oxygen atoms in total. The molecule has 1 rings (SSSR count). The van der Waals surface area contributed by atoms with E-state index < -0.39 is 0 Å². The molecule has 88 valence electrons. The fourth-order valence-electron chi connectivity index (χ4n) is 1.34. The van der Waals surface area contributed by atoms with E-state index in [2.05, 4.69) is 5.32 Å². The van der Waals surface area contributed by atoms with Crippen molar-refractivity contribution in [3.63, 3.8) is 0 Å². The topological polar surface area (TPSA) is 55.1 Å². The molecule has 0 saturated carbocycles. The first-order valence-corrected chi connectivity index (χ1v) is 5.78. The Hall–Kier alpha value is -0.770. The van der Waals surface area contributed by atoms with Gasteiger partial charge >= 0.3 is 0 Å². The molecule has 0 radical (unpaired) electrons. The number of nitrogens with two attached hydrogens (primary N) is 1. The molecule has 0 bridgehead atoms. The number of halogens is 2. The summed E-state index contributed by atoms with van der Waals surface area (Å²) in [6.45, 7) is 0.955. The first-order chi connectivity index (χ1) is 7.59. The van der Waals surface area contributed by atoms with E-state index in [9.17, 15) is 4.79 Å². The normalized spacial score (nSPS) is 10.4. The summed E-state index contributed by atoms with van der Waals surface area (Å²) in [7, 11) is 0. The Morgan fingerprint density at radius 3 is 2.75 bits per heavy atom. The smallest absolute Gasteiger partial charge is 0.231 e. The standard InChI is InChI=1S/C11H14Cl2N2O/c12-9-4-3-8(10(13)6-9)2-1-5-15-7-11(14)16/h3-4,6,15H,1-2,5,7H2,(H2,14,16). The Kier molecular flexibility index (Phi) is 5.60. The number of nitrogens with one attached hydrogen (secondary N) is 1. The molecule has 0 atom stereocenters. The predicted molar refractivity (Wildman–Crippen MR) is 66.8 cm³/mol. The number of hydrogen-bond acceptors (Lipinski definition) is 2. The molecule has 1 amide bonds. The summed E-state index contributed by atoms with van der Waals surface area (Å²) in [6.07, 6.45) is 1.75. The number of carbonyl (C=O) groups is 1. The second-order valence-corrected chi connectivity index (χ2v) is 4.33. The highest BCUT2D eigenvalue weighted by Gasteiger charge is 2.01. The SMILES string of the molecule is NC(=O)CNCCCc1ccc(Cl)cc1Cl. The summed E-state index contributed by atoms with van der Waals surface area (Å²) in [4.78, 5) is 10.4. The Labute approximate surface area is 105 Å². The number of hydrogen-bond donors (Lipinski definition) is 2. The van der Waals surface area contributed by atoms with E-state index in [1.165, 1.54) is 0 Å². The average Bonchev–Trinajstić information content (AvgIpc) is 2.20. The van der Waals surface area contributed by atoms with Crippen molar-refractivity contribution in [1.29, 1.82) is 0 Å². The molecule has 0 aliphatic rings. The van der Waals surface area contributed by atoms with E-state index >= 15 is 0 Å². The van der Waals surface area contributed by atoms with Crippen molar-refractivity contribution < 1.29 is 4.79 Å². The van der Waals surface area contributed by atoms with Gasteiger partial charge in [-0.2, -0.15) is 0 Å². The minimum Gasteiger partial charge on any atom is -0.369 e. The molecule has 0 aromatic heterocycles. The third-order valence-corrected chi connectivity index (χ3v) is 2.70. The second kappa shape index (κ2) is 6.74. The van der Waals surface area contributed by atoms with Crippen LogP contribution in [0.15, 0.2) is 18.2 Å². The van der Waals surface area contributed by atoms with Crippen LogP contribution in [0.1, 0.15) is 12.0 Å². The van der Waals surface area contributed by atoms with Gasteiger partial charge in [0, 0.05) is 10.0 Å². The van der Waals surface area contributed by atoms with Gasteiger partial charge in [0.15, 0.2) is 0 Å². The third kappa shape index (κ3) is 4.84. The van der Waals surface area contributed by atoms with Crippen LogP contribution >= 0.6 is 23.2 Å². The molecular formula is C11H14Cl2N2O. The molecule has 0 heterocycles. The lowest BCUT2D eigenvalue weighted by atomic mass is 10.1. The Morgan fingerprint density at radius 2 is 2.12 bits per heavy atom. The van der Waals surface area contributed by atoms with Crippen molar-refractivity contribution in [2.75, 3.05) is 13.1 Å². The molecule has 16 heavy (non-hydrogen) atoms. The molecule has 0 saturated heterocycles. The second-order valence-electron chi connectivity index (χ2n) is 3.48. The van der Waals surface area contributed by atoms with Crippen molar-refractivity contribution >= 4 is 29.1 Å². The van der Waals surface area contributed by atoms with Crippen molar-refractivity contribution in [3.8, 4) is 0 Å². The summed E-state index contributed by atoms with van der Waals surface area (Å²) >= 11 is 11.8. The minimum absolute atomic E-state index is 0.217. The molecule has 0 fully saturated rings. The maximum Gasteiger partial charge on any atom is 0.231 e. The van der Waals surface area contributed by atoms with Crippen molar-refractivity contribution in [2.24, 2.45) is 5.73 Å². The summed E-state index contributed by atoms with van der Waals surface area (Å²) in [5.74, 6) is -0.343. The molecule has 0 unspecified atom stereocenters. The predicted octanol–water partition coefficient (Wildman–Crippen LogP) is 2.00. The summed E-state index contributed by atoms with van der Waals surface area (Å²) in [5.41, 5.74) is 6.05. The van der Waals surface area contributed by atoms with E-state index in [0.717, 1.165) is 24.9 Å². The van der Waals surface area contributed by atoms with Gasteiger partial charge in [0.25, 0.3) is 0 Å². The molecule has 0 aliphatic heterocycles. The molecule has 5 heteroatoms. The Balaban J connectivity index is 2.29. The van der Waals surface area contributed by atoms with E-state index in [4.69, 9.17) is 28.9 Å². The lowest BCUT2D eigenvalue weighted by Crippen LogP contribution is -2.29. The third-order valence-electron chi connectivity index (χ3n) is 2.11. The number of benzene rings is 1. The van der Waals surface area contributed by atoms with Crippen LogP contribution in [0.3, 0.4) is 0 Å². The largest absolute Gasteiger partial charge is 0.369 e. The zero-order chi connectivity index (χ0) is 12.0. The molecular weight excluding hydrogens is 247 g/mol. The van der Waals surface area contributed by atoms with Gasteiger partial charge < -0.3 is 11.1 Å². The number of carbonyl (C=O) groups excluding carboxylic acids is 1. The summed E-state index contributed by atoms with van der Waals surface area (Å²) < 4.78 is 0. The van der Waals surface area contributed by atoms with Gasteiger partial charge in [-0.1, -0.05) is 29.3 Å². The van der Waals surface area contributed by atoms with Crippen LogP contribution in [0.2, 0.25) is 10.0 Å². The summed E-state index contributed by atoms with van der Waals surface area (Å²) in [5, 5.41) is 4.26. The number of aryl methyl sites for hydroxylation is 1. The molecule has 1 aromatic rings. The van der Waals surface area contributed by atoms with Crippen LogP contribution in [0.4, 0.5) is 0 Å². The van der Waals surface area contributed by atoms with Gasteiger partial charge in [-0.15, -0.1) is 0 Å². The minimum atomic E-state index is -0.343. The highest BCUT2D eigenvalue weighted by molar-refractivity contribution is 6.35. The lowest BCUT2D eigenvalue weighted by molar-refractivity contribution is -0.117. The van der Waals surface area contributed by atoms with Gasteiger partial charge in [-0.05, 0) is 37.1 Å². The van der Waals surface area contributed by atoms with Gasteiger partial charge in [0.05, 0.1) is 6.54 Å². The molecule has 0 spiro atoms. The molecule has 0 aliphatic carbocycles. The van der Waals surface area contributed by atoms with Crippen LogP contribution < -0.4 is 11.1 Å². The zero-order valence-corrected chi connectivity index (χ0v) is 10.3. The first-order valence-electron chi connectivity index (χ1n) is 5.02. The average molecular weight is 261 g/mol. The van der Waals surface area contributed by atoms with Gasteiger partial charge in [-0.3, -0.25) is 4.79 Å². The van der Waals surface area contributed by atoms with Crippen LogP contribution in [0, 0.1) is 0 Å². The van der Waals surface area contributed by atoms with Crippen LogP contribution in [0.5, 0.6) is 0 Å². The van der Waals surface area contributed by atoms with Crippen LogP contribution in [-0.4, -0.2) is 19.0 Å². The van der Waals surface area contributed by atoms with Gasteiger partial charge in [0.1, 0.15) is 0 Å². The van der Waals surface area contributed by atoms with Crippen molar-refractivity contribution in [1.82, 2.24) is 5.32 Å². The Morgan fingerprint density at radius 1 is 1.38 bits per heavy atom. The summed E-state index contributed by atoms with van der Waals surface area (Å²) in [6, 6.07) is 5.47. The highest BCUT2D eigenvalue weighted by Crippen LogP contribution is 2.21. The highest BCUT2D eigenvalue weighted by atomic mass is 35.5. The van der Waals surface area contributed by atoms with E-state index in [1.54, 1.807) is 6.07 Å². The maximum absolute atomic E-state index is 10.4. The fraction of sp³-hybridized carbons (Fsp3) is 0.364. The van der Waals surface area contributed by atoms with Gasteiger partial charge in [-0.25, -0.2) is 0 Å². The quantitative estimate of drug-likeness (QED) is 0.769. The number of amides is 1. The van der Waals surface area contributed by atoms with E-state index in [1.807, 2.05) is 12.1 Å². The zero-order valence-electron chi connectivity index (χ0n) is 8.80. The number of rotatable bonds is 6. The van der Waals surface area contributed by atoms with E-state index in [0.29, 0.717) is 10.0 Å². The Bertz CT molecular complexity index is 369. The fourth-order valence-corrected chi connectivity index (χ4v) is 1.84. The number of primary amides is 1. The molecule has 1 aromatic carbocycles. The van der Waals surface area contributed by atoms with Crippen LogP contribution in [0.25, 0.3) is 0 Å². The lowest BCUT2D eigenvalue weighted by Gasteiger charge is -2.05. The maximum atomic E-state index is 10.4. The van der Waals surface area contributed by atoms with Gasteiger partial charge in [0.2, 0.25) is 5.91 Å². The molecule has 3 N–H and O–H groups in total.